The zero-order chi connectivity index (χ0) is 14.1. The van der Waals surface area contributed by atoms with Crippen LogP contribution >= 0.6 is 0 Å². The summed E-state index contributed by atoms with van der Waals surface area (Å²) in [6.45, 7) is 6.74. The summed E-state index contributed by atoms with van der Waals surface area (Å²) in [5, 5.41) is 0. The first-order valence-electron chi connectivity index (χ1n) is 7.64. The highest BCUT2D eigenvalue weighted by atomic mass is 14.2. The lowest BCUT2D eigenvalue weighted by atomic mass is 9.88. The number of fused-ring (bicyclic) bond motifs is 1. The van der Waals surface area contributed by atoms with Gasteiger partial charge in [-0.3, -0.25) is 0 Å². The van der Waals surface area contributed by atoms with E-state index in [-0.39, 0.29) is 0 Å². The van der Waals surface area contributed by atoms with E-state index in [9.17, 15) is 0 Å². The van der Waals surface area contributed by atoms with Crippen LogP contribution in [0.25, 0.3) is 17.2 Å². The molecule has 0 aromatic heterocycles. The van der Waals surface area contributed by atoms with Gasteiger partial charge < -0.3 is 0 Å². The molecule has 3 rings (SSSR count). The molecule has 0 heterocycles. The molecule has 0 radical (unpaired) electrons. The van der Waals surface area contributed by atoms with Crippen molar-refractivity contribution in [3.8, 4) is 11.1 Å². The third-order valence-corrected chi connectivity index (χ3v) is 4.33. The van der Waals surface area contributed by atoms with Gasteiger partial charge in [-0.15, -0.1) is 0 Å². The topological polar surface area (TPSA) is 0 Å². The maximum absolute atomic E-state index is 2.39. The first kappa shape index (κ1) is 13.2. The quantitative estimate of drug-likeness (QED) is 0.691. The fraction of sp³-hybridized carbons (Fsp3) is 0.300. The molecule has 2 aromatic rings. The molecular formula is C20H22. The summed E-state index contributed by atoms with van der Waals surface area (Å²) in [6.07, 6.45) is 5.68. The van der Waals surface area contributed by atoms with Gasteiger partial charge in [0.1, 0.15) is 0 Å². The monoisotopic (exact) mass is 262 g/mol. The highest BCUT2D eigenvalue weighted by Gasteiger charge is 2.18. The van der Waals surface area contributed by atoms with Gasteiger partial charge in [-0.05, 0) is 59.6 Å². The van der Waals surface area contributed by atoms with E-state index in [0.717, 1.165) is 19.3 Å². The Morgan fingerprint density at radius 2 is 1.65 bits per heavy atom. The van der Waals surface area contributed by atoms with E-state index < -0.39 is 0 Å². The van der Waals surface area contributed by atoms with Gasteiger partial charge in [0.2, 0.25) is 0 Å². The Morgan fingerprint density at radius 3 is 2.40 bits per heavy atom. The van der Waals surface area contributed by atoms with Gasteiger partial charge >= 0.3 is 0 Å². The molecule has 0 spiro atoms. The second kappa shape index (κ2) is 5.28. The molecule has 0 bridgehead atoms. The molecule has 0 saturated carbocycles. The summed E-state index contributed by atoms with van der Waals surface area (Å²) in [5.41, 5.74) is 10.2. The predicted molar refractivity (Wildman–Crippen MR) is 88.0 cm³/mol. The van der Waals surface area contributed by atoms with Crippen molar-refractivity contribution in [1.82, 2.24) is 0 Å². The Bertz CT molecular complexity index is 674. The summed E-state index contributed by atoms with van der Waals surface area (Å²) < 4.78 is 0. The molecule has 20 heavy (non-hydrogen) atoms. The van der Waals surface area contributed by atoms with Gasteiger partial charge in [0, 0.05) is 0 Å². The lowest BCUT2D eigenvalue weighted by molar-refractivity contribution is 1.11. The fourth-order valence-electron chi connectivity index (χ4n) is 3.31. The van der Waals surface area contributed by atoms with Crippen LogP contribution in [0.5, 0.6) is 0 Å². The van der Waals surface area contributed by atoms with Crippen molar-refractivity contribution in [3.05, 3.63) is 64.2 Å². The molecule has 0 atom stereocenters. The summed E-state index contributed by atoms with van der Waals surface area (Å²) in [5.74, 6) is 0. The number of rotatable bonds is 3. The fourth-order valence-corrected chi connectivity index (χ4v) is 3.31. The van der Waals surface area contributed by atoms with Gasteiger partial charge in [0.15, 0.2) is 0 Å². The van der Waals surface area contributed by atoms with E-state index in [1.54, 1.807) is 0 Å². The number of benzene rings is 2. The lowest BCUT2D eigenvalue weighted by Gasteiger charge is -2.16. The Labute approximate surface area is 122 Å². The van der Waals surface area contributed by atoms with E-state index >= 15 is 0 Å². The maximum Gasteiger partial charge on any atom is -0.00604 e. The molecule has 0 fully saturated rings. The predicted octanol–water partition coefficient (Wildman–Crippen LogP) is 5.44. The van der Waals surface area contributed by atoms with Crippen molar-refractivity contribution in [2.24, 2.45) is 0 Å². The summed E-state index contributed by atoms with van der Waals surface area (Å²) >= 11 is 0. The van der Waals surface area contributed by atoms with E-state index in [1.807, 2.05) is 0 Å². The van der Waals surface area contributed by atoms with Crippen molar-refractivity contribution < 1.29 is 0 Å². The normalized spacial score (nSPS) is 13.2. The summed E-state index contributed by atoms with van der Waals surface area (Å²) in [4.78, 5) is 0. The van der Waals surface area contributed by atoms with Crippen LogP contribution in [-0.4, -0.2) is 0 Å². The SMILES string of the molecule is CCc1ccccc1-c1c(CC)ccc2c1C=C(C)C2. The minimum absolute atomic E-state index is 1.09. The number of allylic oxidation sites excluding steroid dienone is 1. The van der Waals surface area contributed by atoms with Crippen molar-refractivity contribution >= 4 is 6.08 Å². The minimum Gasteiger partial charge on any atom is -0.0683 e. The molecule has 0 saturated heterocycles. The second-order valence-electron chi connectivity index (χ2n) is 5.70. The van der Waals surface area contributed by atoms with Crippen molar-refractivity contribution in [2.45, 2.75) is 40.0 Å². The van der Waals surface area contributed by atoms with Crippen molar-refractivity contribution in [3.63, 3.8) is 0 Å². The molecule has 0 aliphatic heterocycles. The van der Waals surface area contributed by atoms with Crippen LogP contribution in [0.1, 0.15) is 43.0 Å². The third-order valence-electron chi connectivity index (χ3n) is 4.33. The minimum atomic E-state index is 1.09. The molecule has 0 unspecified atom stereocenters. The Hall–Kier alpha value is -1.82. The van der Waals surface area contributed by atoms with Crippen LogP contribution in [0, 0.1) is 0 Å². The second-order valence-corrected chi connectivity index (χ2v) is 5.70. The summed E-state index contributed by atoms with van der Waals surface area (Å²) in [7, 11) is 0. The van der Waals surface area contributed by atoms with Crippen LogP contribution in [0.2, 0.25) is 0 Å². The first-order valence-corrected chi connectivity index (χ1v) is 7.64. The van der Waals surface area contributed by atoms with Gasteiger partial charge in [0.25, 0.3) is 0 Å². The van der Waals surface area contributed by atoms with Crippen LogP contribution in [-0.2, 0) is 19.3 Å². The zero-order valence-corrected chi connectivity index (χ0v) is 12.7. The first-order chi connectivity index (χ1) is 9.74. The van der Waals surface area contributed by atoms with Gasteiger partial charge in [0.05, 0.1) is 0 Å². The molecule has 0 amide bonds. The Kier molecular flexibility index (Phi) is 3.48. The van der Waals surface area contributed by atoms with Gasteiger partial charge in [-0.2, -0.15) is 0 Å². The lowest BCUT2D eigenvalue weighted by Crippen LogP contribution is -1.97. The molecule has 1 aliphatic rings. The molecule has 0 nitrogen and oxygen atoms in total. The molecule has 102 valence electrons. The van der Waals surface area contributed by atoms with E-state index in [4.69, 9.17) is 0 Å². The van der Waals surface area contributed by atoms with Crippen LogP contribution in [0.4, 0.5) is 0 Å². The average molecular weight is 262 g/mol. The van der Waals surface area contributed by atoms with Gasteiger partial charge in [-0.25, -0.2) is 0 Å². The molecule has 0 N–H and O–H groups in total. The average Bonchev–Trinajstić information content (AvgIpc) is 2.86. The number of hydrogen-bond acceptors (Lipinski definition) is 0. The van der Waals surface area contributed by atoms with Gasteiger partial charge in [-0.1, -0.05) is 61.9 Å². The van der Waals surface area contributed by atoms with E-state index in [0.29, 0.717) is 0 Å². The molecule has 1 aliphatic carbocycles. The molecular weight excluding hydrogens is 240 g/mol. The highest BCUT2D eigenvalue weighted by Crippen LogP contribution is 2.38. The number of hydrogen-bond donors (Lipinski definition) is 0. The van der Waals surface area contributed by atoms with E-state index in [2.05, 4.69) is 63.2 Å². The standard InChI is InChI=1S/C20H22/c1-4-15-8-6-7-9-18(15)20-16(5-2)10-11-17-12-14(3)13-19(17)20/h6-11,13H,4-5,12H2,1-3H3. The number of aryl methyl sites for hydroxylation is 2. The molecule has 2 aromatic carbocycles. The third kappa shape index (κ3) is 2.10. The summed E-state index contributed by atoms with van der Waals surface area (Å²) in [6, 6.07) is 13.5. The van der Waals surface area contributed by atoms with Crippen molar-refractivity contribution in [2.75, 3.05) is 0 Å². The maximum atomic E-state index is 2.39. The van der Waals surface area contributed by atoms with E-state index in [1.165, 1.54) is 39.0 Å². The largest absolute Gasteiger partial charge is 0.0683 e. The van der Waals surface area contributed by atoms with Crippen LogP contribution in [0.15, 0.2) is 42.0 Å². The zero-order valence-electron chi connectivity index (χ0n) is 12.7. The van der Waals surface area contributed by atoms with Crippen LogP contribution in [0.3, 0.4) is 0 Å². The van der Waals surface area contributed by atoms with Crippen molar-refractivity contribution in [1.29, 1.82) is 0 Å². The highest BCUT2D eigenvalue weighted by molar-refractivity contribution is 5.84. The molecule has 0 heteroatoms. The Morgan fingerprint density at radius 1 is 0.900 bits per heavy atom. The van der Waals surface area contributed by atoms with Crippen LogP contribution < -0.4 is 0 Å². The smallest absolute Gasteiger partial charge is 0.00604 e. The Balaban J connectivity index is 2.30.